The van der Waals surface area contributed by atoms with E-state index in [4.69, 9.17) is 0 Å². The van der Waals surface area contributed by atoms with Crippen LogP contribution in [0.3, 0.4) is 0 Å². The van der Waals surface area contributed by atoms with Gasteiger partial charge in [-0.3, -0.25) is 14.1 Å². The fraction of sp³-hybridized carbons (Fsp3) is 0.438. The van der Waals surface area contributed by atoms with E-state index < -0.39 is 26.6 Å². The van der Waals surface area contributed by atoms with Crippen LogP contribution in [0.4, 0.5) is 16.0 Å². The Morgan fingerprint density at radius 2 is 1.75 bits per heavy atom. The summed E-state index contributed by atoms with van der Waals surface area (Å²) in [4.78, 5) is 29.7. The molecule has 2 heterocycles. The van der Waals surface area contributed by atoms with Gasteiger partial charge in [-0.2, -0.15) is 4.98 Å². The van der Waals surface area contributed by atoms with E-state index in [0.29, 0.717) is 29.6 Å². The maximum atomic E-state index is 15.3. The van der Waals surface area contributed by atoms with Gasteiger partial charge >= 0.3 is 0 Å². The van der Waals surface area contributed by atoms with Gasteiger partial charge in [0.2, 0.25) is 16.0 Å². The molecule has 0 radical (unpaired) electrons. The van der Waals surface area contributed by atoms with Gasteiger partial charge in [0.25, 0.3) is 5.56 Å². The number of halogens is 1. The molecule has 0 aliphatic heterocycles. The third-order valence-electron chi connectivity index (χ3n) is 8.76. The molecule has 2 fully saturated rings. The molecule has 44 heavy (non-hydrogen) atoms. The highest BCUT2D eigenvalue weighted by molar-refractivity contribution is 7.93. The summed E-state index contributed by atoms with van der Waals surface area (Å²) in [6.07, 6.45) is 6.24. The zero-order chi connectivity index (χ0) is 31.2. The van der Waals surface area contributed by atoms with Crippen LogP contribution in [-0.2, 0) is 10.0 Å². The number of aromatic nitrogens is 4. The fourth-order valence-corrected chi connectivity index (χ4v) is 7.87. The van der Waals surface area contributed by atoms with E-state index >= 15 is 4.39 Å². The standard InChI is InChI=1S/C32H38FN7O3S/c1-19(2)40-30-27(18-34-32(37-30)35-22-11-13-23(14-12-22)39(3)4)36-29(31(40)41)21-10-15-26(25(33)16-21)38-44(42,43)28-17-24(28)20-8-6-5-7-9-20/h5-10,15-16,18-19,22-24,28,38H,11-14,17H2,1-4H3,(H,34,35,37)/t22?,23?,24-,28+/m0/s1. The molecule has 0 amide bonds. The van der Waals surface area contributed by atoms with Crippen molar-refractivity contribution in [3.8, 4) is 11.3 Å². The lowest BCUT2D eigenvalue weighted by atomic mass is 9.91. The van der Waals surface area contributed by atoms with Crippen LogP contribution in [0.5, 0.6) is 0 Å². The van der Waals surface area contributed by atoms with Crippen LogP contribution in [0.15, 0.2) is 59.5 Å². The summed E-state index contributed by atoms with van der Waals surface area (Å²) in [6.45, 7) is 3.75. The number of fused-ring (bicyclic) bond motifs is 1. The summed E-state index contributed by atoms with van der Waals surface area (Å²) in [5.74, 6) is -0.467. The van der Waals surface area contributed by atoms with Crippen molar-refractivity contribution in [1.29, 1.82) is 0 Å². The molecule has 2 atom stereocenters. The van der Waals surface area contributed by atoms with Crippen LogP contribution >= 0.6 is 0 Å². The number of anilines is 2. The van der Waals surface area contributed by atoms with Crippen molar-refractivity contribution in [2.75, 3.05) is 24.1 Å². The van der Waals surface area contributed by atoms with Crippen molar-refractivity contribution in [1.82, 2.24) is 24.4 Å². The quantitative estimate of drug-likeness (QED) is 0.264. The third-order valence-corrected chi connectivity index (χ3v) is 10.6. The van der Waals surface area contributed by atoms with Crippen molar-refractivity contribution in [3.05, 3.63) is 76.5 Å². The molecule has 10 nitrogen and oxygen atoms in total. The smallest absolute Gasteiger partial charge is 0.278 e. The first kappa shape index (κ1) is 30.1. The molecule has 0 bridgehead atoms. The highest BCUT2D eigenvalue weighted by Gasteiger charge is 2.48. The van der Waals surface area contributed by atoms with Gasteiger partial charge in [0.05, 0.1) is 17.1 Å². The number of nitrogens with one attached hydrogen (secondary N) is 2. The summed E-state index contributed by atoms with van der Waals surface area (Å²) in [7, 11) is 0.407. The van der Waals surface area contributed by atoms with Crippen molar-refractivity contribution in [2.45, 2.75) is 75.2 Å². The highest BCUT2D eigenvalue weighted by Crippen LogP contribution is 2.46. The summed E-state index contributed by atoms with van der Waals surface area (Å²) in [5.41, 5.74) is 1.44. The fourth-order valence-electron chi connectivity index (χ4n) is 6.20. The second-order valence-corrected chi connectivity index (χ2v) is 14.3. The molecule has 2 aromatic heterocycles. The predicted octanol–water partition coefficient (Wildman–Crippen LogP) is 5.16. The van der Waals surface area contributed by atoms with Gasteiger partial charge in [0, 0.05) is 29.6 Å². The maximum Gasteiger partial charge on any atom is 0.278 e. The lowest BCUT2D eigenvalue weighted by molar-refractivity contribution is 0.221. The molecule has 6 rings (SSSR count). The van der Waals surface area contributed by atoms with Gasteiger partial charge in [-0.15, -0.1) is 0 Å². The van der Waals surface area contributed by atoms with Crippen LogP contribution in [0, 0.1) is 5.82 Å². The molecular weight excluding hydrogens is 581 g/mol. The summed E-state index contributed by atoms with van der Waals surface area (Å²) < 4.78 is 45.3. The first-order valence-corrected chi connectivity index (χ1v) is 16.6. The molecule has 2 aliphatic rings. The second-order valence-electron chi connectivity index (χ2n) is 12.4. The van der Waals surface area contributed by atoms with E-state index in [2.05, 4.69) is 44.0 Å². The molecule has 0 saturated heterocycles. The zero-order valence-electron chi connectivity index (χ0n) is 25.4. The van der Waals surface area contributed by atoms with Crippen molar-refractivity contribution in [3.63, 3.8) is 0 Å². The Morgan fingerprint density at radius 1 is 1.02 bits per heavy atom. The van der Waals surface area contributed by atoms with Crippen LogP contribution in [-0.4, -0.2) is 64.3 Å². The number of hydrogen-bond donors (Lipinski definition) is 2. The molecular formula is C32H38FN7O3S. The van der Waals surface area contributed by atoms with Crippen LogP contribution in [0.2, 0.25) is 0 Å². The maximum absolute atomic E-state index is 15.3. The zero-order valence-corrected chi connectivity index (χ0v) is 26.2. The van der Waals surface area contributed by atoms with E-state index in [9.17, 15) is 13.2 Å². The molecule has 2 saturated carbocycles. The SMILES string of the molecule is CC(C)n1c(=O)c(-c2ccc(NS(=O)(=O)[C@@H]3C[C@H]3c3ccccc3)c(F)c2)nc2cnc(NC3CCC(N(C)C)CC3)nc21. The average molecular weight is 620 g/mol. The van der Waals surface area contributed by atoms with E-state index in [1.54, 1.807) is 10.8 Å². The highest BCUT2D eigenvalue weighted by atomic mass is 32.2. The average Bonchev–Trinajstić information content (AvgIpc) is 3.81. The Balaban J connectivity index is 1.24. The third kappa shape index (κ3) is 6.05. The molecule has 0 unspecified atom stereocenters. The lowest BCUT2D eigenvalue weighted by Crippen LogP contribution is -2.36. The van der Waals surface area contributed by atoms with Crippen LogP contribution in [0.25, 0.3) is 22.4 Å². The van der Waals surface area contributed by atoms with Gasteiger partial charge < -0.3 is 10.2 Å². The van der Waals surface area contributed by atoms with Crippen LogP contribution in [0.1, 0.15) is 63.5 Å². The molecule has 0 spiro atoms. The first-order valence-electron chi connectivity index (χ1n) is 15.1. The molecule has 2 aromatic carbocycles. The van der Waals surface area contributed by atoms with Gasteiger partial charge in [0.15, 0.2) is 5.65 Å². The summed E-state index contributed by atoms with van der Waals surface area (Å²) in [6, 6.07) is 14.0. The minimum absolute atomic E-state index is 0.0390. The largest absolute Gasteiger partial charge is 0.351 e. The lowest BCUT2D eigenvalue weighted by Gasteiger charge is -2.32. The van der Waals surface area contributed by atoms with Gasteiger partial charge in [0.1, 0.15) is 17.0 Å². The molecule has 232 valence electrons. The van der Waals surface area contributed by atoms with Crippen molar-refractivity contribution >= 4 is 32.8 Å². The Bertz CT molecular complexity index is 1840. The van der Waals surface area contributed by atoms with E-state index in [1.807, 2.05) is 44.2 Å². The van der Waals surface area contributed by atoms with E-state index in [0.717, 1.165) is 37.3 Å². The number of sulfonamides is 1. The normalized spacial score (nSPS) is 22.0. The second kappa shape index (κ2) is 11.9. The topological polar surface area (TPSA) is 122 Å². The van der Waals surface area contributed by atoms with Gasteiger partial charge in [-0.1, -0.05) is 36.4 Å². The summed E-state index contributed by atoms with van der Waals surface area (Å²) in [5, 5.41) is 2.80. The van der Waals surface area contributed by atoms with Crippen molar-refractivity contribution < 1.29 is 12.8 Å². The molecule has 4 aromatic rings. The first-order chi connectivity index (χ1) is 21.0. The summed E-state index contributed by atoms with van der Waals surface area (Å²) >= 11 is 0. The number of hydrogen-bond acceptors (Lipinski definition) is 8. The molecule has 2 aliphatic carbocycles. The number of rotatable bonds is 9. The van der Waals surface area contributed by atoms with Crippen LogP contribution < -0.4 is 15.6 Å². The number of benzene rings is 2. The minimum Gasteiger partial charge on any atom is -0.351 e. The van der Waals surface area contributed by atoms with Crippen molar-refractivity contribution in [2.24, 2.45) is 0 Å². The van der Waals surface area contributed by atoms with Gasteiger partial charge in [-0.05, 0) is 77.7 Å². The Kier molecular flexibility index (Phi) is 8.14. The Morgan fingerprint density at radius 3 is 2.41 bits per heavy atom. The number of nitrogens with zero attached hydrogens (tertiary/aromatic N) is 5. The van der Waals surface area contributed by atoms with E-state index in [1.165, 1.54) is 12.1 Å². The Labute approximate surface area is 256 Å². The van der Waals surface area contributed by atoms with E-state index in [-0.39, 0.29) is 34.9 Å². The molecule has 12 heteroatoms. The predicted molar refractivity (Wildman–Crippen MR) is 171 cm³/mol. The monoisotopic (exact) mass is 619 g/mol. The molecule has 2 N–H and O–H groups in total. The Hall–Kier alpha value is -3.90. The van der Waals surface area contributed by atoms with Gasteiger partial charge in [-0.25, -0.2) is 22.8 Å². The minimum atomic E-state index is -3.81.